The summed E-state index contributed by atoms with van der Waals surface area (Å²) in [7, 11) is 119. The van der Waals surface area contributed by atoms with Crippen LogP contribution in [0.25, 0.3) is 0 Å². The van der Waals surface area contributed by atoms with Crippen LogP contribution in [0.4, 0.5) is 0 Å². The molecule has 0 fully saturated rings. The minimum atomic E-state index is -1.22. The van der Waals surface area contributed by atoms with Crippen molar-refractivity contribution < 1.29 is 1.41 Å². The Labute approximate surface area is 294 Å². The Bertz CT molecular complexity index is 628. The van der Waals surface area contributed by atoms with E-state index in [9.17, 15) is 0 Å². The van der Waals surface area contributed by atoms with E-state index in [1.165, 1.54) is 7.06 Å². The lowest BCUT2D eigenvalue weighted by molar-refractivity contribution is 1.79. The van der Waals surface area contributed by atoms with Crippen molar-refractivity contribution in [1.82, 2.24) is 3.43 Å². The Hall–Kier alpha value is 3.16. The highest BCUT2D eigenvalue weighted by atomic mass is 127. The van der Waals surface area contributed by atoms with Crippen molar-refractivity contribution in [3.8, 4) is 0 Å². The highest BCUT2D eigenvalue weighted by Gasteiger charge is 2.56. The fourth-order valence-electron chi connectivity index (χ4n) is 6.17. The zero-order valence-corrected chi connectivity index (χ0v) is 24.9. The molecule has 0 bridgehead atoms. The number of rotatable bonds is 19. The van der Waals surface area contributed by atoms with E-state index in [-0.39, 0.29) is 0 Å². The van der Waals surface area contributed by atoms with Crippen LogP contribution in [0.1, 0.15) is 0 Å². The van der Waals surface area contributed by atoms with Gasteiger partial charge in [0.1, 0.15) is 8.04 Å². The number of nitrogens with one attached hydrogen (secondary N) is 1. The van der Waals surface area contributed by atoms with Gasteiger partial charge < -0.3 is 3.43 Å². The zero-order valence-electron chi connectivity index (χ0n) is 23.8. The van der Waals surface area contributed by atoms with Crippen molar-refractivity contribution in [3.63, 3.8) is 0 Å². The summed E-state index contributed by atoms with van der Waals surface area (Å²) < 4.78 is 10.00. The molecule has 40 heavy (non-hydrogen) atoms. The predicted octanol–water partition coefficient (Wildman–Crippen LogP) is -14.1. The summed E-state index contributed by atoms with van der Waals surface area (Å²) in [6.07, 6.45) is -18.8. The van der Waals surface area contributed by atoms with Crippen molar-refractivity contribution in [1.29, 1.82) is 0 Å². The molecule has 127 valence electrons. The van der Waals surface area contributed by atoms with Gasteiger partial charge in [0.15, 0.2) is 0 Å². The summed E-state index contributed by atoms with van der Waals surface area (Å²) in [6.45, 7) is -1.15. The lowest BCUT2D eigenvalue weighted by Crippen LogP contribution is -2.91. The van der Waals surface area contributed by atoms with Crippen LogP contribution >= 0.6 is 22.9 Å². The van der Waals surface area contributed by atoms with Crippen LogP contribution in [0, 0.1) is 0 Å². The third-order valence-corrected chi connectivity index (χ3v) is 8.43. The molecule has 0 saturated heterocycles. The third-order valence-electron chi connectivity index (χ3n) is 7.79. The molecule has 1 nitrogen and oxygen atoms in total. The quantitative estimate of drug-likeness (QED) is 0.0951. The van der Waals surface area contributed by atoms with Crippen molar-refractivity contribution in [2.75, 3.05) is 0 Å². The van der Waals surface area contributed by atoms with Crippen molar-refractivity contribution in [3.05, 3.63) is 0 Å². The first-order valence-corrected chi connectivity index (χ1v) is 13.7. The van der Waals surface area contributed by atoms with Crippen LogP contribution < -0.4 is 3.43 Å². The Morgan fingerprint density at radius 1 is 0.400 bits per heavy atom. The second kappa shape index (κ2) is 20.4. The minimum absolute atomic E-state index is 0.929. The van der Waals surface area contributed by atoms with E-state index in [1.807, 2.05) is 0 Å². The van der Waals surface area contributed by atoms with E-state index in [0.29, 0.717) is 0 Å². The molecule has 0 heterocycles. The van der Waals surface area contributed by atoms with E-state index in [2.05, 4.69) is 0 Å². The Morgan fingerprint density at radius 3 is 0.800 bits per heavy atom. The summed E-state index contributed by atoms with van der Waals surface area (Å²) in [5, 5.41) is 0. The predicted molar refractivity (Wildman–Crippen MR) is 236 cm³/mol. The fraction of sp³-hybridized carbons (Fsp3) is 0. The topological polar surface area (TPSA) is 12.0 Å². The molecule has 39 radical (unpaired) electrons. The molecule has 0 spiro atoms. The molecule has 0 rings (SSSR count). The maximum absolute atomic E-state index is 8.98. The molecule has 0 aromatic rings. The monoisotopic (exact) mass is 562 g/mol. The van der Waals surface area contributed by atoms with Crippen LogP contribution in [0.3, 0.4) is 0 Å². The van der Waals surface area contributed by atoms with Crippen molar-refractivity contribution >= 4 is 292 Å². The normalized spacial score (nSPS) is 10.1. The van der Waals surface area contributed by atoms with Gasteiger partial charge in [-0.05, 0) is 0 Å². The maximum atomic E-state index is 8.98. The molecule has 0 aliphatic carbocycles. The number of hydrogen-bond donors (Lipinski definition) is 1. The van der Waals surface area contributed by atoms with E-state index >= 15 is 0 Å². The van der Waals surface area contributed by atoms with Gasteiger partial charge in [0.2, 0.25) is 0 Å². The average Bonchev–Trinajstić information content (AvgIpc) is 2.75. The highest BCUT2D eigenvalue weighted by molar-refractivity contribution is 14.1. The molecule has 0 aliphatic rings. The lowest BCUT2D eigenvalue weighted by Gasteiger charge is -2.51. The molecular formula is HB38IN. The van der Waals surface area contributed by atoms with Crippen LogP contribution in [-0.2, 0) is 0 Å². The first kappa shape index (κ1) is 41.2. The number of hydrogen-bond acceptors (Lipinski definition) is 1. The third kappa shape index (κ3) is 11.8. The summed E-state index contributed by atoms with van der Waals surface area (Å²) in [6, 6.07) is 0. The van der Waals surface area contributed by atoms with E-state index in [0.717, 1.165) is 3.43 Å². The van der Waals surface area contributed by atoms with E-state index in [1.54, 1.807) is 22.9 Å². The summed E-state index contributed by atoms with van der Waals surface area (Å²) >= 11 is 1.70. The van der Waals surface area contributed by atoms with Gasteiger partial charge in [-0.15, -0.1) is 0 Å². The molecular weight excluding hydrogens is 552 g/mol. The second-order valence-corrected chi connectivity index (χ2v) is 11.2. The molecule has 0 unspecified atom stereocenters. The molecule has 40 heteroatoms. The largest absolute Gasteiger partial charge is 0.319 e. The maximum Gasteiger partial charge on any atom is 0.129 e. The van der Waals surface area contributed by atoms with Gasteiger partial charge in [0.25, 0.3) is 0 Å². The Balaban J connectivity index is 8.25. The van der Waals surface area contributed by atoms with Gasteiger partial charge in [-0.1, -0.05) is 0 Å². The Kier molecular flexibility index (Phi) is 21.0. The van der Waals surface area contributed by atoms with E-state index < -0.39 is 115 Å². The zero-order chi connectivity index (χ0) is 32.7. The van der Waals surface area contributed by atoms with Gasteiger partial charge in [-0.25, -0.2) is 0 Å². The highest BCUT2D eigenvalue weighted by Crippen LogP contribution is 2.17. The summed E-state index contributed by atoms with van der Waals surface area (Å²) in [5.41, 5.74) is 0. The van der Waals surface area contributed by atoms with Gasteiger partial charge >= 0.3 is 0 Å². The van der Waals surface area contributed by atoms with Gasteiger partial charge in [-0.2, -0.15) is 0 Å². The second-order valence-electron chi connectivity index (χ2n) is 10.6. The van der Waals surface area contributed by atoms with Crippen LogP contribution in [-0.4, -0.2) is 269 Å². The molecule has 0 atom stereocenters. The molecule has 0 aromatic heterocycles. The molecule has 1 N–H and O–H groups in total. The standard InChI is InChI=1S/B38HIN/c1-20-30(21(2)3)35(31(22(4)5)23(6)7)37(34(28(16)17)29(18)19)38(40-39)36(32(24(8)9)25(10)11)33(26(12)13)27(14)15/h40H/i/hT. The summed E-state index contributed by atoms with van der Waals surface area (Å²) in [5.74, 6) is 0. The first-order valence-electron chi connectivity index (χ1n) is 13.2. The molecule has 0 amide bonds. The Morgan fingerprint density at radius 2 is 0.625 bits per heavy atom. The van der Waals surface area contributed by atoms with Crippen LogP contribution in [0.15, 0.2) is 0 Å². The smallest absolute Gasteiger partial charge is 0.129 e. The molecule has 0 aliphatic heterocycles. The molecule has 0 aromatic carbocycles. The minimum Gasteiger partial charge on any atom is -0.319 e. The van der Waals surface area contributed by atoms with E-state index in [4.69, 9.17) is 148 Å². The molecule has 0 saturated carbocycles. The average molecular weight is 555 g/mol. The fourth-order valence-corrected chi connectivity index (χ4v) is 6.92. The lowest BCUT2D eigenvalue weighted by atomic mass is 8.32. The first-order chi connectivity index (χ1) is 18.7. The summed E-state index contributed by atoms with van der Waals surface area (Å²) in [4.78, 5) is 0. The van der Waals surface area contributed by atoms with Gasteiger partial charge in [-0.3, -0.25) is 0 Å². The van der Waals surface area contributed by atoms with Gasteiger partial charge in [0.05, 0.1) is 0 Å². The van der Waals surface area contributed by atoms with Gasteiger partial charge in [0, 0.05) is 285 Å². The van der Waals surface area contributed by atoms with Crippen LogP contribution in [0.5, 0.6) is 0 Å². The van der Waals surface area contributed by atoms with Crippen molar-refractivity contribution in [2.45, 2.75) is 0 Å². The number of halogens is 1. The van der Waals surface area contributed by atoms with Crippen molar-refractivity contribution in [2.24, 2.45) is 0 Å². The van der Waals surface area contributed by atoms with Crippen LogP contribution in [0.2, 0.25) is 1.41 Å². The SMILES string of the molecule is [3H]N(I)B(B(B(B([B])[B])B([B])[B])B(B([B])[B])B([B])[B])B(B(B([B])[B])B([B])[B])B(B([B][B])B([B])[B])B(B([B])[B])B([B])[B].